The Morgan fingerprint density at radius 2 is 2.11 bits per heavy atom. The highest BCUT2D eigenvalue weighted by atomic mass is 32.1. The molecule has 0 amide bonds. The van der Waals surface area contributed by atoms with Crippen molar-refractivity contribution in [1.29, 1.82) is 5.41 Å². The quantitative estimate of drug-likeness (QED) is 0.587. The molecule has 1 aliphatic rings. The van der Waals surface area contributed by atoms with E-state index in [9.17, 15) is 0 Å². The Morgan fingerprint density at radius 3 is 2.61 bits per heavy atom. The number of rotatable bonds is 7. The lowest BCUT2D eigenvalue weighted by molar-refractivity contribution is 0.308. The predicted octanol–water partition coefficient (Wildman–Crippen LogP) is 2.19. The SMILES string of the molecule is CCN(CC)CCc1nc(C2CC2)c(C(=N)N)s1. The minimum absolute atomic E-state index is 0.184. The summed E-state index contributed by atoms with van der Waals surface area (Å²) in [5.74, 6) is 0.755. The molecule has 0 spiro atoms. The lowest BCUT2D eigenvalue weighted by atomic mass is 10.2. The van der Waals surface area contributed by atoms with Gasteiger partial charge < -0.3 is 10.6 Å². The number of likely N-dealkylation sites (N-methyl/N-ethyl adjacent to an activating group) is 1. The van der Waals surface area contributed by atoms with Gasteiger partial charge in [-0.3, -0.25) is 5.41 Å². The van der Waals surface area contributed by atoms with Gasteiger partial charge in [0.2, 0.25) is 0 Å². The van der Waals surface area contributed by atoms with Gasteiger partial charge in [-0.1, -0.05) is 13.8 Å². The Labute approximate surface area is 113 Å². The number of amidine groups is 1. The van der Waals surface area contributed by atoms with E-state index >= 15 is 0 Å². The predicted molar refractivity (Wildman–Crippen MR) is 76.6 cm³/mol. The van der Waals surface area contributed by atoms with Gasteiger partial charge in [0.1, 0.15) is 5.84 Å². The van der Waals surface area contributed by atoms with E-state index in [1.165, 1.54) is 12.8 Å². The first kappa shape index (κ1) is 13.5. The number of aromatic nitrogens is 1. The van der Waals surface area contributed by atoms with Crippen molar-refractivity contribution in [2.45, 2.75) is 39.0 Å². The number of hydrogen-bond acceptors (Lipinski definition) is 4. The van der Waals surface area contributed by atoms with Gasteiger partial charge in [0.15, 0.2) is 0 Å². The van der Waals surface area contributed by atoms with Crippen molar-refractivity contribution in [3.8, 4) is 0 Å². The molecule has 18 heavy (non-hydrogen) atoms. The Morgan fingerprint density at radius 1 is 1.44 bits per heavy atom. The molecule has 100 valence electrons. The average Bonchev–Trinajstić information content (AvgIpc) is 3.11. The fourth-order valence-corrected chi connectivity index (χ4v) is 3.10. The third-order valence-corrected chi connectivity index (χ3v) is 4.61. The minimum Gasteiger partial charge on any atom is -0.383 e. The smallest absolute Gasteiger partial charge is 0.135 e. The van der Waals surface area contributed by atoms with E-state index in [1.54, 1.807) is 11.3 Å². The van der Waals surface area contributed by atoms with Crippen LogP contribution in [-0.4, -0.2) is 35.4 Å². The van der Waals surface area contributed by atoms with Gasteiger partial charge in [0, 0.05) is 18.9 Å². The Kier molecular flexibility index (Phi) is 4.35. The summed E-state index contributed by atoms with van der Waals surface area (Å²) in [6, 6.07) is 0. The van der Waals surface area contributed by atoms with Gasteiger partial charge in [-0.15, -0.1) is 11.3 Å². The van der Waals surface area contributed by atoms with Crippen LogP contribution in [0, 0.1) is 5.41 Å². The molecule has 0 saturated heterocycles. The lowest BCUT2D eigenvalue weighted by Crippen LogP contribution is -2.25. The molecule has 1 fully saturated rings. The van der Waals surface area contributed by atoms with E-state index in [0.717, 1.165) is 41.6 Å². The summed E-state index contributed by atoms with van der Waals surface area (Å²) in [5.41, 5.74) is 6.73. The molecule has 1 aromatic rings. The maximum Gasteiger partial charge on any atom is 0.135 e. The second kappa shape index (κ2) is 5.80. The second-order valence-electron chi connectivity index (χ2n) is 4.79. The molecule has 3 N–H and O–H groups in total. The van der Waals surface area contributed by atoms with Crippen molar-refractivity contribution >= 4 is 17.2 Å². The molecular weight excluding hydrogens is 244 g/mol. The minimum atomic E-state index is 0.184. The van der Waals surface area contributed by atoms with Gasteiger partial charge in [0.05, 0.1) is 15.6 Å². The molecule has 2 rings (SSSR count). The van der Waals surface area contributed by atoms with Crippen LogP contribution < -0.4 is 5.73 Å². The molecule has 1 heterocycles. The van der Waals surface area contributed by atoms with Gasteiger partial charge in [0.25, 0.3) is 0 Å². The fourth-order valence-electron chi connectivity index (χ4n) is 2.10. The van der Waals surface area contributed by atoms with Crippen LogP contribution in [0.2, 0.25) is 0 Å². The second-order valence-corrected chi connectivity index (χ2v) is 5.87. The third-order valence-electron chi connectivity index (χ3n) is 3.44. The monoisotopic (exact) mass is 266 g/mol. The molecule has 1 aromatic heterocycles. The fraction of sp³-hybridized carbons (Fsp3) is 0.692. The van der Waals surface area contributed by atoms with Crippen LogP contribution in [0.25, 0.3) is 0 Å². The average molecular weight is 266 g/mol. The molecule has 5 heteroatoms. The number of hydrogen-bond donors (Lipinski definition) is 2. The summed E-state index contributed by atoms with van der Waals surface area (Å²) in [5, 5.41) is 8.77. The van der Waals surface area contributed by atoms with Gasteiger partial charge in [-0.25, -0.2) is 4.98 Å². The van der Waals surface area contributed by atoms with E-state index < -0.39 is 0 Å². The Bertz CT molecular complexity index is 419. The number of nitrogen functional groups attached to an aromatic ring is 1. The maximum atomic E-state index is 7.64. The van der Waals surface area contributed by atoms with E-state index in [4.69, 9.17) is 16.1 Å². The van der Waals surface area contributed by atoms with Crippen molar-refractivity contribution in [2.24, 2.45) is 5.73 Å². The van der Waals surface area contributed by atoms with Crippen molar-refractivity contribution < 1.29 is 0 Å². The van der Waals surface area contributed by atoms with Crippen molar-refractivity contribution in [3.63, 3.8) is 0 Å². The van der Waals surface area contributed by atoms with Gasteiger partial charge >= 0.3 is 0 Å². The normalized spacial score (nSPS) is 15.3. The van der Waals surface area contributed by atoms with Crippen LogP contribution in [0.1, 0.15) is 48.2 Å². The zero-order valence-corrected chi connectivity index (χ0v) is 12.0. The van der Waals surface area contributed by atoms with Gasteiger partial charge in [-0.05, 0) is 25.9 Å². The topological polar surface area (TPSA) is 66.0 Å². The summed E-state index contributed by atoms with van der Waals surface area (Å²) < 4.78 is 0. The van der Waals surface area contributed by atoms with E-state index in [0.29, 0.717) is 5.92 Å². The first-order valence-electron chi connectivity index (χ1n) is 6.72. The lowest BCUT2D eigenvalue weighted by Gasteiger charge is -2.16. The molecule has 0 unspecified atom stereocenters. The van der Waals surface area contributed by atoms with Crippen LogP contribution in [0.5, 0.6) is 0 Å². The molecule has 4 nitrogen and oxygen atoms in total. The maximum absolute atomic E-state index is 7.64. The van der Waals surface area contributed by atoms with E-state index in [2.05, 4.69) is 18.7 Å². The number of nitrogens with one attached hydrogen (secondary N) is 1. The van der Waals surface area contributed by atoms with Crippen LogP contribution >= 0.6 is 11.3 Å². The molecular formula is C13H22N4S. The molecule has 0 bridgehead atoms. The number of nitrogens with two attached hydrogens (primary N) is 1. The summed E-state index contributed by atoms with van der Waals surface area (Å²) in [4.78, 5) is 8.01. The molecule has 0 atom stereocenters. The summed E-state index contributed by atoms with van der Waals surface area (Å²) in [6.45, 7) is 7.57. The molecule has 1 aliphatic carbocycles. The van der Waals surface area contributed by atoms with E-state index in [-0.39, 0.29) is 5.84 Å². The molecule has 1 saturated carbocycles. The molecule has 0 aromatic carbocycles. The first-order valence-corrected chi connectivity index (χ1v) is 7.53. The highest BCUT2D eigenvalue weighted by molar-refractivity contribution is 7.13. The van der Waals surface area contributed by atoms with Crippen LogP contribution in [0.4, 0.5) is 0 Å². The van der Waals surface area contributed by atoms with Crippen LogP contribution in [-0.2, 0) is 6.42 Å². The van der Waals surface area contributed by atoms with Crippen molar-refractivity contribution in [2.75, 3.05) is 19.6 Å². The van der Waals surface area contributed by atoms with Gasteiger partial charge in [-0.2, -0.15) is 0 Å². The molecule has 0 aliphatic heterocycles. The molecule has 0 radical (unpaired) electrons. The number of nitrogens with zero attached hydrogens (tertiary/aromatic N) is 2. The van der Waals surface area contributed by atoms with Crippen molar-refractivity contribution in [3.05, 3.63) is 15.6 Å². The Balaban J connectivity index is 2.04. The summed E-state index contributed by atoms with van der Waals surface area (Å²) in [6.07, 6.45) is 3.39. The summed E-state index contributed by atoms with van der Waals surface area (Å²) >= 11 is 1.61. The highest BCUT2D eigenvalue weighted by Gasteiger charge is 2.30. The highest BCUT2D eigenvalue weighted by Crippen LogP contribution is 2.42. The van der Waals surface area contributed by atoms with E-state index in [1.807, 2.05) is 0 Å². The summed E-state index contributed by atoms with van der Waals surface area (Å²) in [7, 11) is 0. The first-order chi connectivity index (χ1) is 8.65. The Hall–Kier alpha value is -0.940. The largest absolute Gasteiger partial charge is 0.383 e. The zero-order chi connectivity index (χ0) is 13.1. The number of thiazole rings is 1. The standard InChI is InChI=1S/C13H22N4S/c1-3-17(4-2)8-7-10-16-11(9-5-6-9)12(18-10)13(14)15/h9H,3-8H2,1-2H3,(H3,14,15). The third kappa shape index (κ3) is 3.09. The van der Waals surface area contributed by atoms with Crippen LogP contribution in [0.3, 0.4) is 0 Å². The van der Waals surface area contributed by atoms with Crippen molar-refractivity contribution in [1.82, 2.24) is 9.88 Å². The zero-order valence-electron chi connectivity index (χ0n) is 11.2. The van der Waals surface area contributed by atoms with Crippen LogP contribution in [0.15, 0.2) is 0 Å².